The largest absolute Gasteiger partial charge is 0.317 e. The van der Waals surface area contributed by atoms with Crippen molar-refractivity contribution in [2.75, 3.05) is 13.1 Å². The topological polar surface area (TPSA) is 12.0 Å². The summed E-state index contributed by atoms with van der Waals surface area (Å²) >= 11 is 0. The van der Waals surface area contributed by atoms with Gasteiger partial charge in [-0.25, -0.2) is 0 Å². The fraction of sp³-hybridized carbons (Fsp3) is 0.421. The summed E-state index contributed by atoms with van der Waals surface area (Å²) in [6.07, 6.45) is 10.7. The maximum absolute atomic E-state index is 3.11. The fourth-order valence-corrected chi connectivity index (χ4v) is 4.07. The molecule has 1 N–H and O–H groups in total. The predicted octanol–water partition coefficient (Wildman–Crippen LogP) is 3.31. The van der Waals surface area contributed by atoms with Gasteiger partial charge < -0.3 is 5.32 Å². The van der Waals surface area contributed by atoms with Crippen LogP contribution in [0.2, 0.25) is 0 Å². The number of benzene rings is 1. The van der Waals surface area contributed by atoms with E-state index < -0.39 is 0 Å². The van der Waals surface area contributed by atoms with Gasteiger partial charge in [0.2, 0.25) is 0 Å². The quantitative estimate of drug-likeness (QED) is 0.762. The Balaban J connectivity index is 0.000000383. The first-order valence-corrected chi connectivity index (χ1v) is 9.71. The smallest absolute Gasteiger partial charge is 0.0717 e. The molecule has 0 saturated carbocycles. The Morgan fingerprint density at radius 3 is 2.29 bits per heavy atom. The molecule has 0 aliphatic heterocycles. The van der Waals surface area contributed by atoms with Gasteiger partial charge in [-0.1, -0.05) is 86.5 Å². The predicted molar refractivity (Wildman–Crippen MR) is 98.8 cm³/mol. The summed E-state index contributed by atoms with van der Waals surface area (Å²) in [6, 6.07) is 10.9. The van der Waals surface area contributed by atoms with E-state index in [-0.39, 0.29) is 9.52 Å². The van der Waals surface area contributed by atoms with Crippen molar-refractivity contribution in [2.24, 2.45) is 0 Å². The number of hydrogen-bond acceptors (Lipinski definition) is 1. The van der Waals surface area contributed by atoms with Crippen molar-refractivity contribution in [2.45, 2.75) is 40.0 Å². The summed E-state index contributed by atoms with van der Waals surface area (Å²) in [5, 5.41) is 4.66. The van der Waals surface area contributed by atoms with Gasteiger partial charge in [-0.05, 0) is 25.9 Å². The molecular formula is C19H30NSi. The Kier molecular flexibility index (Phi) is 9.84. The molecule has 2 heteroatoms. The highest BCUT2D eigenvalue weighted by Gasteiger charge is 2.15. The van der Waals surface area contributed by atoms with Gasteiger partial charge in [-0.15, -0.1) is 0 Å². The highest BCUT2D eigenvalue weighted by Crippen LogP contribution is 2.25. The molecule has 0 fully saturated rings. The van der Waals surface area contributed by atoms with Crippen LogP contribution in [0.1, 0.15) is 40.0 Å². The molecule has 115 valence electrons. The first kappa shape index (κ1) is 17.9. The molecule has 1 aromatic rings. The number of hydrogen-bond donors (Lipinski definition) is 1. The Morgan fingerprint density at radius 2 is 1.71 bits per heavy atom. The van der Waals surface area contributed by atoms with Gasteiger partial charge in [0, 0.05) is 5.54 Å². The minimum Gasteiger partial charge on any atom is -0.317 e. The molecular weight excluding hydrogens is 270 g/mol. The van der Waals surface area contributed by atoms with Crippen LogP contribution < -0.4 is 10.5 Å². The maximum atomic E-state index is 3.11. The standard InChI is InChI=1S/C15H19Si.C4H11N/c1-2-3-8-13-9-7-12-15(13)16-14-10-5-4-6-11-14;1-3-5-4-2/h4-7,9-12H,2-3,8,16H2,1H3;5H,3-4H2,1-2H3. The normalized spacial score (nSPS) is 14.3. The van der Waals surface area contributed by atoms with Crippen molar-refractivity contribution >= 4 is 14.7 Å². The van der Waals surface area contributed by atoms with E-state index in [0.717, 1.165) is 13.1 Å². The lowest BCUT2D eigenvalue weighted by atomic mass is 10.1. The second-order valence-corrected chi connectivity index (χ2v) is 7.23. The van der Waals surface area contributed by atoms with Gasteiger partial charge in [0.25, 0.3) is 0 Å². The van der Waals surface area contributed by atoms with Gasteiger partial charge in [0.1, 0.15) is 0 Å². The van der Waals surface area contributed by atoms with Crippen molar-refractivity contribution in [1.29, 1.82) is 0 Å². The second-order valence-electron chi connectivity index (χ2n) is 5.30. The van der Waals surface area contributed by atoms with Gasteiger partial charge in [0.05, 0.1) is 9.52 Å². The zero-order valence-corrected chi connectivity index (χ0v) is 15.3. The first-order valence-electron chi connectivity index (χ1n) is 8.29. The summed E-state index contributed by atoms with van der Waals surface area (Å²) in [5.74, 6) is 0. The summed E-state index contributed by atoms with van der Waals surface area (Å²) < 4.78 is 0. The van der Waals surface area contributed by atoms with Crippen molar-refractivity contribution in [3.8, 4) is 0 Å². The van der Waals surface area contributed by atoms with Crippen LogP contribution in [0.15, 0.2) is 54.1 Å². The van der Waals surface area contributed by atoms with Crippen molar-refractivity contribution in [3.63, 3.8) is 0 Å². The van der Waals surface area contributed by atoms with Crippen LogP contribution in [0.25, 0.3) is 0 Å². The molecule has 1 aromatic carbocycles. The average molecular weight is 301 g/mol. The Bertz CT molecular complexity index is 420. The summed E-state index contributed by atoms with van der Waals surface area (Å²) in [6.45, 7) is 8.65. The molecule has 0 spiro atoms. The summed E-state index contributed by atoms with van der Waals surface area (Å²) in [5.41, 5.74) is 3.23. The van der Waals surface area contributed by atoms with E-state index in [1.54, 1.807) is 16.3 Å². The highest BCUT2D eigenvalue weighted by atomic mass is 28.2. The van der Waals surface area contributed by atoms with E-state index in [0.29, 0.717) is 0 Å². The van der Waals surface area contributed by atoms with Gasteiger partial charge >= 0.3 is 0 Å². The van der Waals surface area contributed by atoms with Crippen LogP contribution in [-0.4, -0.2) is 22.6 Å². The molecule has 0 heterocycles. The van der Waals surface area contributed by atoms with E-state index in [1.807, 2.05) is 0 Å². The minimum atomic E-state index is -0.249. The van der Waals surface area contributed by atoms with Crippen molar-refractivity contribution in [1.82, 2.24) is 5.32 Å². The van der Waals surface area contributed by atoms with Crippen LogP contribution in [0.3, 0.4) is 0 Å². The van der Waals surface area contributed by atoms with Gasteiger partial charge in [-0.2, -0.15) is 0 Å². The Morgan fingerprint density at radius 1 is 1.00 bits per heavy atom. The lowest BCUT2D eigenvalue weighted by Gasteiger charge is -2.12. The fourth-order valence-electron chi connectivity index (χ4n) is 2.34. The molecule has 0 atom stereocenters. The maximum Gasteiger partial charge on any atom is 0.0717 e. The summed E-state index contributed by atoms with van der Waals surface area (Å²) in [7, 11) is -0.249. The molecule has 21 heavy (non-hydrogen) atoms. The third-order valence-electron chi connectivity index (χ3n) is 3.54. The molecule has 0 unspecified atom stereocenters. The number of allylic oxidation sites excluding steroid dienone is 4. The third kappa shape index (κ3) is 7.44. The lowest BCUT2D eigenvalue weighted by molar-refractivity contribution is 0.762. The molecule has 0 amide bonds. The van der Waals surface area contributed by atoms with E-state index in [9.17, 15) is 0 Å². The Hall–Kier alpha value is -1.12. The average Bonchev–Trinajstić information content (AvgIpc) is 2.95. The minimum absolute atomic E-state index is 0.249. The Labute approximate surface area is 133 Å². The number of nitrogens with one attached hydrogen (secondary N) is 1. The molecule has 0 saturated heterocycles. The van der Waals surface area contributed by atoms with Gasteiger partial charge in [0.15, 0.2) is 0 Å². The molecule has 1 radical (unpaired) electrons. The first-order chi connectivity index (χ1) is 10.3. The van der Waals surface area contributed by atoms with Crippen LogP contribution in [0.4, 0.5) is 0 Å². The highest BCUT2D eigenvalue weighted by molar-refractivity contribution is 6.61. The summed E-state index contributed by atoms with van der Waals surface area (Å²) in [4.78, 5) is 0. The molecule has 1 aliphatic rings. The molecule has 2 rings (SSSR count). The zero-order chi connectivity index (χ0) is 15.3. The number of rotatable bonds is 7. The van der Waals surface area contributed by atoms with E-state index in [1.165, 1.54) is 19.3 Å². The zero-order valence-electron chi connectivity index (χ0n) is 13.9. The van der Waals surface area contributed by atoms with Crippen LogP contribution in [0.5, 0.6) is 0 Å². The van der Waals surface area contributed by atoms with Crippen molar-refractivity contribution < 1.29 is 0 Å². The molecule has 1 nitrogen and oxygen atoms in total. The molecule has 1 aliphatic carbocycles. The third-order valence-corrected chi connectivity index (χ3v) is 5.49. The van der Waals surface area contributed by atoms with E-state index in [2.05, 4.69) is 74.6 Å². The monoisotopic (exact) mass is 300 g/mol. The van der Waals surface area contributed by atoms with Crippen LogP contribution >= 0.6 is 0 Å². The van der Waals surface area contributed by atoms with E-state index >= 15 is 0 Å². The second kappa shape index (κ2) is 11.5. The van der Waals surface area contributed by atoms with Crippen LogP contribution in [0, 0.1) is 5.54 Å². The lowest BCUT2D eigenvalue weighted by Crippen LogP contribution is -2.20. The van der Waals surface area contributed by atoms with Gasteiger partial charge in [-0.3, -0.25) is 0 Å². The molecule has 0 aromatic heterocycles. The van der Waals surface area contributed by atoms with E-state index in [4.69, 9.17) is 0 Å². The van der Waals surface area contributed by atoms with Crippen molar-refractivity contribution in [3.05, 3.63) is 59.7 Å². The molecule has 0 bridgehead atoms. The number of unbranched alkanes of at least 4 members (excludes halogenated alkanes) is 1. The van der Waals surface area contributed by atoms with Crippen LogP contribution in [-0.2, 0) is 0 Å². The SMILES string of the molecule is CCCCC1=CC=C[C]1[SiH2]c1ccccc1.CCNCC.